The smallest absolute Gasteiger partial charge is 0.0728 e. The predicted octanol–water partition coefficient (Wildman–Crippen LogP) is 3.68. The van der Waals surface area contributed by atoms with Crippen LogP contribution in [0.4, 0.5) is 0 Å². The molecule has 0 heterocycles. The Hall–Kier alpha value is -0.570. The van der Waals surface area contributed by atoms with Gasteiger partial charge in [-0.15, -0.1) is 0 Å². The van der Waals surface area contributed by atoms with Crippen LogP contribution < -0.4 is 0 Å². The molecule has 1 atom stereocenters. The summed E-state index contributed by atoms with van der Waals surface area (Å²) in [6, 6.07) is 7.96. The Morgan fingerprint density at radius 2 is 1.95 bits per heavy atom. The van der Waals surface area contributed by atoms with Gasteiger partial charge in [0.25, 0.3) is 0 Å². The summed E-state index contributed by atoms with van der Waals surface area (Å²) < 4.78 is 0. The molecule has 1 aliphatic carbocycles. The fourth-order valence-electron chi connectivity index (χ4n) is 3.19. The van der Waals surface area contributed by atoms with Crippen LogP contribution >= 0.6 is 11.6 Å². The zero-order chi connectivity index (χ0) is 13.9. The fraction of sp³-hybridized carbons (Fsp3) is 0.625. The van der Waals surface area contributed by atoms with Crippen LogP contribution in [0.5, 0.6) is 0 Å². The van der Waals surface area contributed by atoms with Gasteiger partial charge in [-0.2, -0.15) is 0 Å². The number of halogens is 1. The van der Waals surface area contributed by atoms with Gasteiger partial charge in [0.05, 0.1) is 5.60 Å². The second-order valence-corrected chi connectivity index (χ2v) is 6.47. The van der Waals surface area contributed by atoms with Crippen LogP contribution in [0.2, 0.25) is 5.02 Å². The molecule has 0 aliphatic heterocycles. The molecule has 1 aromatic rings. The summed E-state index contributed by atoms with van der Waals surface area (Å²) in [5.41, 5.74) is 0.582. The lowest BCUT2D eigenvalue weighted by Gasteiger charge is -2.40. The van der Waals surface area contributed by atoms with E-state index < -0.39 is 5.60 Å². The minimum absolute atomic E-state index is 0.140. The van der Waals surface area contributed by atoms with Gasteiger partial charge in [-0.1, -0.05) is 43.0 Å². The van der Waals surface area contributed by atoms with Crippen LogP contribution in [0.3, 0.4) is 0 Å². The van der Waals surface area contributed by atoms with Gasteiger partial charge in [0.2, 0.25) is 0 Å². The molecule has 2 rings (SSSR count). The maximum atomic E-state index is 11.1. The summed E-state index contributed by atoms with van der Waals surface area (Å²) in [5.74, 6) is 0.140. The number of benzene rings is 1. The molecule has 1 saturated carbocycles. The van der Waals surface area contributed by atoms with Crippen LogP contribution in [0.1, 0.15) is 43.6 Å². The molecule has 1 fully saturated rings. The van der Waals surface area contributed by atoms with Crippen molar-refractivity contribution in [1.82, 2.24) is 4.90 Å². The number of nitrogens with zero attached hydrogens (tertiary/aromatic N) is 1. The third-order valence-electron chi connectivity index (χ3n) is 4.17. The van der Waals surface area contributed by atoms with Crippen molar-refractivity contribution in [2.75, 3.05) is 20.6 Å². The average molecular weight is 282 g/mol. The molecule has 0 saturated heterocycles. The minimum Gasteiger partial charge on any atom is -0.389 e. The Kier molecular flexibility index (Phi) is 4.88. The topological polar surface area (TPSA) is 23.5 Å². The maximum absolute atomic E-state index is 11.1. The number of rotatable bonds is 4. The highest BCUT2D eigenvalue weighted by Crippen LogP contribution is 2.40. The normalized spacial score (nSPS) is 20.5. The Morgan fingerprint density at radius 1 is 1.26 bits per heavy atom. The van der Waals surface area contributed by atoms with Crippen molar-refractivity contribution >= 4 is 11.6 Å². The van der Waals surface area contributed by atoms with E-state index >= 15 is 0 Å². The van der Waals surface area contributed by atoms with Gasteiger partial charge >= 0.3 is 0 Å². The molecule has 0 amide bonds. The largest absolute Gasteiger partial charge is 0.389 e. The van der Waals surface area contributed by atoms with Crippen molar-refractivity contribution < 1.29 is 5.11 Å². The van der Waals surface area contributed by atoms with Crippen molar-refractivity contribution in [3.8, 4) is 0 Å². The standard InChI is InChI=1S/C16H24ClNO/c1-18(2)12-15(13-7-6-8-14(17)11-13)16(19)9-4-3-5-10-16/h6-8,11,15,19H,3-5,9-10,12H2,1-2H3/t15-/m0/s1. The van der Waals surface area contributed by atoms with Crippen LogP contribution in [-0.2, 0) is 0 Å². The van der Waals surface area contributed by atoms with Crippen LogP contribution in [0.15, 0.2) is 24.3 Å². The summed E-state index contributed by atoms with van der Waals surface area (Å²) in [6.45, 7) is 0.858. The maximum Gasteiger partial charge on any atom is 0.0728 e. The zero-order valence-corrected chi connectivity index (χ0v) is 12.7. The number of hydrogen-bond acceptors (Lipinski definition) is 2. The molecular weight excluding hydrogens is 258 g/mol. The predicted molar refractivity (Wildman–Crippen MR) is 80.8 cm³/mol. The van der Waals surface area contributed by atoms with Gasteiger partial charge in [0.15, 0.2) is 0 Å². The second kappa shape index (κ2) is 6.25. The summed E-state index contributed by atoms with van der Waals surface area (Å²) in [7, 11) is 4.12. The van der Waals surface area contributed by atoms with Crippen molar-refractivity contribution in [2.45, 2.75) is 43.6 Å². The monoisotopic (exact) mass is 281 g/mol. The van der Waals surface area contributed by atoms with E-state index in [-0.39, 0.29) is 5.92 Å². The van der Waals surface area contributed by atoms with Gasteiger partial charge in [-0.3, -0.25) is 0 Å². The fourth-order valence-corrected chi connectivity index (χ4v) is 3.39. The summed E-state index contributed by atoms with van der Waals surface area (Å²) in [5, 5.41) is 11.8. The Labute approximate surface area is 121 Å². The molecule has 1 aliphatic rings. The molecule has 1 N–H and O–H groups in total. The van der Waals surface area contributed by atoms with E-state index in [1.165, 1.54) is 6.42 Å². The van der Waals surface area contributed by atoms with Gasteiger partial charge in [-0.05, 0) is 44.6 Å². The number of aliphatic hydroxyl groups is 1. The first-order valence-electron chi connectivity index (χ1n) is 7.14. The van der Waals surface area contributed by atoms with Crippen LogP contribution in [0, 0.1) is 0 Å². The highest BCUT2D eigenvalue weighted by Gasteiger charge is 2.38. The molecule has 1 aromatic carbocycles. The molecule has 3 heteroatoms. The lowest BCUT2D eigenvalue weighted by atomic mass is 9.72. The first-order chi connectivity index (χ1) is 9.01. The van der Waals surface area contributed by atoms with E-state index in [1.54, 1.807) is 0 Å². The van der Waals surface area contributed by atoms with Crippen molar-refractivity contribution in [1.29, 1.82) is 0 Å². The second-order valence-electron chi connectivity index (χ2n) is 6.03. The highest BCUT2D eigenvalue weighted by molar-refractivity contribution is 6.30. The van der Waals surface area contributed by atoms with E-state index in [2.05, 4.69) is 25.1 Å². The highest BCUT2D eigenvalue weighted by atomic mass is 35.5. The van der Waals surface area contributed by atoms with E-state index in [0.29, 0.717) is 0 Å². The molecule has 0 radical (unpaired) electrons. The van der Waals surface area contributed by atoms with Crippen molar-refractivity contribution in [3.63, 3.8) is 0 Å². The quantitative estimate of drug-likeness (QED) is 0.910. The Morgan fingerprint density at radius 3 is 2.53 bits per heavy atom. The summed E-state index contributed by atoms with van der Waals surface area (Å²) >= 11 is 6.11. The molecule has 19 heavy (non-hydrogen) atoms. The molecule has 2 nitrogen and oxygen atoms in total. The Balaban J connectivity index is 2.29. The SMILES string of the molecule is CN(C)C[C@@H](c1cccc(Cl)c1)C1(O)CCCCC1. The van der Waals surface area contributed by atoms with Crippen molar-refractivity contribution in [2.24, 2.45) is 0 Å². The van der Waals surface area contributed by atoms with Crippen LogP contribution in [0.25, 0.3) is 0 Å². The third-order valence-corrected chi connectivity index (χ3v) is 4.40. The van der Waals surface area contributed by atoms with Crippen molar-refractivity contribution in [3.05, 3.63) is 34.9 Å². The van der Waals surface area contributed by atoms with E-state index in [4.69, 9.17) is 11.6 Å². The van der Waals surface area contributed by atoms with E-state index in [0.717, 1.165) is 42.8 Å². The molecule has 0 spiro atoms. The lowest BCUT2D eigenvalue weighted by molar-refractivity contribution is -0.0277. The van der Waals surface area contributed by atoms with Gasteiger partial charge in [0, 0.05) is 17.5 Å². The lowest BCUT2D eigenvalue weighted by Crippen LogP contribution is -2.42. The number of likely N-dealkylation sites (N-methyl/N-ethyl adjacent to an activating group) is 1. The third kappa shape index (κ3) is 3.71. The molecule has 0 unspecified atom stereocenters. The summed E-state index contributed by atoms with van der Waals surface area (Å²) in [4.78, 5) is 2.15. The Bertz CT molecular complexity index is 413. The van der Waals surface area contributed by atoms with Gasteiger partial charge in [-0.25, -0.2) is 0 Å². The summed E-state index contributed by atoms with van der Waals surface area (Å²) in [6.07, 6.45) is 5.30. The zero-order valence-electron chi connectivity index (χ0n) is 11.9. The minimum atomic E-state index is -0.576. The van der Waals surface area contributed by atoms with Crippen LogP contribution in [-0.4, -0.2) is 36.2 Å². The molecule has 0 aromatic heterocycles. The molecule has 106 valence electrons. The first kappa shape index (κ1) is 14.8. The first-order valence-corrected chi connectivity index (χ1v) is 7.52. The molecular formula is C16H24ClNO. The van der Waals surface area contributed by atoms with Gasteiger partial charge in [0.1, 0.15) is 0 Å². The molecule has 0 bridgehead atoms. The van der Waals surface area contributed by atoms with Gasteiger partial charge < -0.3 is 10.0 Å². The number of hydrogen-bond donors (Lipinski definition) is 1. The van der Waals surface area contributed by atoms with E-state index in [1.807, 2.05) is 18.2 Å². The average Bonchev–Trinajstić information content (AvgIpc) is 2.36. The van der Waals surface area contributed by atoms with E-state index in [9.17, 15) is 5.11 Å².